The average Bonchev–Trinajstić information content (AvgIpc) is 3.07. The number of hydrogen-bond acceptors (Lipinski definition) is 2. The number of rotatable bonds is 4. The quantitative estimate of drug-likeness (QED) is 0.818. The van der Waals surface area contributed by atoms with E-state index in [9.17, 15) is 17.6 Å². The fourth-order valence-corrected chi connectivity index (χ4v) is 1.73. The molecule has 6 heteroatoms. The smallest absolute Gasteiger partial charge is 0.394 e. The SMILES string of the molecule is OCC1(NCc2ccc(F)c(C(F)(F)F)c2)CC1. The van der Waals surface area contributed by atoms with Gasteiger partial charge in [0.1, 0.15) is 5.82 Å². The fraction of sp³-hybridized carbons (Fsp3) is 0.500. The first kappa shape index (κ1) is 13.3. The van der Waals surface area contributed by atoms with Crippen molar-refractivity contribution < 1.29 is 22.7 Å². The van der Waals surface area contributed by atoms with Crippen molar-refractivity contribution in [2.75, 3.05) is 6.61 Å². The highest BCUT2D eigenvalue weighted by atomic mass is 19.4. The maximum absolute atomic E-state index is 13.0. The Morgan fingerprint density at radius 1 is 1.28 bits per heavy atom. The molecule has 0 atom stereocenters. The van der Waals surface area contributed by atoms with Gasteiger partial charge in [-0.3, -0.25) is 0 Å². The van der Waals surface area contributed by atoms with E-state index >= 15 is 0 Å². The van der Waals surface area contributed by atoms with Crippen LogP contribution >= 0.6 is 0 Å². The average molecular weight is 263 g/mol. The van der Waals surface area contributed by atoms with Crippen LogP contribution in [0.3, 0.4) is 0 Å². The van der Waals surface area contributed by atoms with E-state index in [4.69, 9.17) is 5.11 Å². The summed E-state index contributed by atoms with van der Waals surface area (Å²) in [6.07, 6.45) is -3.08. The summed E-state index contributed by atoms with van der Waals surface area (Å²) in [6, 6.07) is 2.93. The zero-order valence-corrected chi connectivity index (χ0v) is 9.52. The van der Waals surface area contributed by atoms with Gasteiger partial charge in [0.2, 0.25) is 0 Å². The van der Waals surface area contributed by atoms with Gasteiger partial charge in [0.05, 0.1) is 12.2 Å². The number of alkyl halides is 3. The van der Waals surface area contributed by atoms with E-state index in [1.807, 2.05) is 0 Å². The highest BCUT2D eigenvalue weighted by Gasteiger charge is 2.41. The second kappa shape index (κ2) is 4.51. The van der Waals surface area contributed by atoms with Crippen LogP contribution < -0.4 is 5.32 Å². The molecule has 2 nitrogen and oxygen atoms in total. The zero-order chi connectivity index (χ0) is 13.4. The van der Waals surface area contributed by atoms with Crippen molar-refractivity contribution in [1.29, 1.82) is 0 Å². The molecule has 0 amide bonds. The van der Waals surface area contributed by atoms with Crippen LogP contribution in [0.2, 0.25) is 0 Å². The van der Waals surface area contributed by atoms with E-state index in [0.717, 1.165) is 25.0 Å². The molecule has 0 spiro atoms. The third kappa shape index (κ3) is 2.81. The summed E-state index contributed by atoms with van der Waals surface area (Å²) in [5.41, 5.74) is -1.26. The van der Waals surface area contributed by atoms with Gasteiger partial charge in [0.15, 0.2) is 0 Å². The number of aliphatic hydroxyl groups is 1. The van der Waals surface area contributed by atoms with E-state index < -0.39 is 17.6 Å². The van der Waals surface area contributed by atoms with Gasteiger partial charge in [-0.25, -0.2) is 4.39 Å². The molecule has 0 bridgehead atoms. The van der Waals surface area contributed by atoms with E-state index in [2.05, 4.69) is 5.32 Å². The van der Waals surface area contributed by atoms with Gasteiger partial charge in [0, 0.05) is 12.1 Å². The number of hydrogen-bond donors (Lipinski definition) is 2. The number of aliphatic hydroxyl groups excluding tert-OH is 1. The summed E-state index contributed by atoms with van der Waals surface area (Å²) in [5, 5.41) is 12.1. The minimum absolute atomic E-state index is 0.0413. The fourth-order valence-electron chi connectivity index (χ4n) is 1.73. The normalized spacial score (nSPS) is 17.8. The Morgan fingerprint density at radius 2 is 1.94 bits per heavy atom. The van der Waals surface area contributed by atoms with Crippen molar-refractivity contribution in [2.45, 2.75) is 31.1 Å². The maximum Gasteiger partial charge on any atom is 0.419 e. The van der Waals surface area contributed by atoms with Crippen molar-refractivity contribution in [1.82, 2.24) is 5.32 Å². The largest absolute Gasteiger partial charge is 0.419 e. The summed E-state index contributed by atoms with van der Waals surface area (Å²) in [7, 11) is 0. The third-order valence-corrected chi connectivity index (χ3v) is 3.16. The van der Waals surface area contributed by atoms with Crippen LogP contribution in [0.1, 0.15) is 24.0 Å². The first-order valence-electron chi connectivity index (χ1n) is 5.58. The Labute approximate surface area is 102 Å². The maximum atomic E-state index is 13.0. The Hall–Kier alpha value is -1.14. The number of nitrogens with one attached hydrogen (secondary N) is 1. The van der Waals surface area contributed by atoms with Crippen LogP contribution in [0.5, 0.6) is 0 Å². The zero-order valence-electron chi connectivity index (χ0n) is 9.52. The monoisotopic (exact) mass is 263 g/mol. The summed E-state index contributed by atoms with van der Waals surface area (Å²) in [4.78, 5) is 0. The van der Waals surface area contributed by atoms with Gasteiger partial charge in [-0.1, -0.05) is 6.07 Å². The Balaban J connectivity index is 2.10. The summed E-state index contributed by atoms with van der Waals surface area (Å²) < 4.78 is 50.5. The molecule has 1 aliphatic carbocycles. The molecular formula is C12H13F4NO. The van der Waals surface area contributed by atoms with Crippen molar-refractivity contribution in [3.05, 3.63) is 35.1 Å². The minimum Gasteiger partial charge on any atom is -0.394 e. The molecule has 2 rings (SSSR count). The first-order valence-corrected chi connectivity index (χ1v) is 5.58. The van der Waals surface area contributed by atoms with Crippen LogP contribution in [-0.4, -0.2) is 17.3 Å². The topological polar surface area (TPSA) is 32.3 Å². The van der Waals surface area contributed by atoms with Crippen LogP contribution in [-0.2, 0) is 12.7 Å². The number of benzene rings is 1. The second-order valence-electron chi connectivity index (χ2n) is 4.60. The molecule has 0 aliphatic heterocycles. The lowest BCUT2D eigenvalue weighted by Crippen LogP contribution is -2.34. The summed E-state index contributed by atoms with van der Waals surface area (Å²) in [6.45, 7) is 0.143. The highest BCUT2D eigenvalue weighted by Crippen LogP contribution is 2.35. The standard InChI is InChI=1S/C12H13F4NO/c13-10-2-1-8(5-9(10)12(14,15)16)6-17-11(7-18)3-4-11/h1-2,5,17-18H,3-4,6-7H2. The molecule has 18 heavy (non-hydrogen) atoms. The third-order valence-electron chi connectivity index (χ3n) is 3.16. The van der Waals surface area contributed by atoms with Crippen LogP contribution in [0.25, 0.3) is 0 Å². The molecule has 0 heterocycles. The molecule has 2 N–H and O–H groups in total. The Bertz CT molecular complexity index is 440. The molecule has 1 saturated carbocycles. The van der Waals surface area contributed by atoms with Gasteiger partial charge in [-0.15, -0.1) is 0 Å². The van der Waals surface area contributed by atoms with Crippen molar-refractivity contribution in [3.8, 4) is 0 Å². The van der Waals surface area contributed by atoms with E-state index in [1.54, 1.807) is 0 Å². The lowest BCUT2D eigenvalue weighted by atomic mass is 10.1. The van der Waals surface area contributed by atoms with Gasteiger partial charge >= 0.3 is 6.18 Å². The van der Waals surface area contributed by atoms with Crippen molar-refractivity contribution >= 4 is 0 Å². The predicted molar refractivity (Wildman–Crippen MR) is 57.3 cm³/mol. The lowest BCUT2D eigenvalue weighted by Gasteiger charge is -2.15. The summed E-state index contributed by atoms with van der Waals surface area (Å²) >= 11 is 0. The molecule has 0 radical (unpaired) electrons. The van der Waals surface area contributed by atoms with Gasteiger partial charge in [-0.05, 0) is 30.5 Å². The first-order chi connectivity index (χ1) is 8.36. The number of halogens is 4. The molecule has 100 valence electrons. The van der Waals surface area contributed by atoms with E-state index in [-0.39, 0.29) is 18.7 Å². The molecule has 1 aromatic carbocycles. The Kier molecular flexibility index (Phi) is 3.33. The van der Waals surface area contributed by atoms with Crippen molar-refractivity contribution in [2.24, 2.45) is 0 Å². The van der Waals surface area contributed by atoms with Gasteiger partial charge < -0.3 is 10.4 Å². The molecule has 1 aliphatic rings. The molecule has 1 aromatic rings. The minimum atomic E-state index is -4.69. The van der Waals surface area contributed by atoms with Gasteiger partial charge in [0.25, 0.3) is 0 Å². The molecular weight excluding hydrogens is 250 g/mol. The molecule has 0 saturated heterocycles. The van der Waals surface area contributed by atoms with Crippen LogP contribution in [0.4, 0.5) is 17.6 Å². The molecule has 0 unspecified atom stereocenters. The highest BCUT2D eigenvalue weighted by molar-refractivity contribution is 5.27. The molecule has 1 fully saturated rings. The van der Waals surface area contributed by atoms with Gasteiger partial charge in [-0.2, -0.15) is 13.2 Å². The summed E-state index contributed by atoms with van der Waals surface area (Å²) in [5.74, 6) is -1.27. The van der Waals surface area contributed by atoms with E-state index in [0.29, 0.717) is 5.56 Å². The lowest BCUT2D eigenvalue weighted by molar-refractivity contribution is -0.140. The van der Waals surface area contributed by atoms with Crippen molar-refractivity contribution in [3.63, 3.8) is 0 Å². The Morgan fingerprint density at radius 3 is 2.44 bits per heavy atom. The molecule has 0 aromatic heterocycles. The second-order valence-corrected chi connectivity index (χ2v) is 4.60. The predicted octanol–water partition coefficient (Wildman–Crippen LogP) is 2.46. The van der Waals surface area contributed by atoms with Crippen LogP contribution in [0, 0.1) is 5.82 Å². The van der Waals surface area contributed by atoms with E-state index in [1.165, 1.54) is 6.07 Å². The van der Waals surface area contributed by atoms with Crippen LogP contribution in [0.15, 0.2) is 18.2 Å².